The Labute approximate surface area is 86.4 Å². The Balaban J connectivity index is 3.94. The molecule has 0 radical (unpaired) electrons. The zero-order valence-electron chi connectivity index (χ0n) is 7.53. The Hall–Kier alpha value is 0.830. The zero-order chi connectivity index (χ0) is 9.61. The molecule has 1 atom stereocenters. The van der Waals surface area contributed by atoms with Crippen LogP contribution in [-0.4, -0.2) is 10.6 Å². The van der Waals surface area contributed by atoms with Crippen molar-refractivity contribution < 1.29 is 4.89 Å². The molecule has 0 rings (SSSR count). The predicted octanol–water partition coefficient (Wildman–Crippen LogP) is 3.47. The van der Waals surface area contributed by atoms with Gasteiger partial charge in [-0.15, -0.1) is 0 Å². The molecule has 0 aromatic rings. The summed E-state index contributed by atoms with van der Waals surface area (Å²) in [6.07, 6.45) is 5.97. The van der Waals surface area contributed by atoms with Gasteiger partial charge in [-0.1, -0.05) is 0 Å². The maximum absolute atomic E-state index is 9.65. The number of unbranched alkanes of at least 4 members (excludes halogenated alkanes) is 1. The second-order valence-corrected chi connectivity index (χ2v) is 10.4. The van der Waals surface area contributed by atoms with Crippen LogP contribution >= 0.6 is 30.4 Å². The molecule has 0 heterocycles. The van der Waals surface area contributed by atoms with Crippen molar-refractivity contribution >= 4 is 30.4 Å². The number of allylic oxidation sites excluding steroid dienone is 1. The zero-order valence-corrected chi connectivity index (χ0v) is 10.3. The number of thiol groups is 2. The van der Waals surface area contributed by atoms with Gasteiger partial charge < -0.3 is 0 Å². The monoisotopic (exact) mass is 226 g/mol. The molecule has 0 aliphatic rings. The SMILES string of the molecule is C=CCC(CCCC)[PH](O)(S)S. The van der Waals surface area contributed by atoms with E-state index in [2.05, 4.69) is 38.0 Å². The molecule has 1 nitrogen and oxygen atoms in total. The van der Waals surface area contributed by atoms with Crippen molar-refractivity contribution in [3.63, 3.8) is 0 Å². The number of hydrogen-bond acceptors (Lipinski definition) is 3. The van der Waals surface area contributed by atoms with Gasteiger partial charge in [0.1, 0.15) is 0 Å². The molecule has 0 bridgehead atoms. The van der Waals surface area contributed by atoms with Gasteiger partial charge in [0.25, 0.3) is 0 Å². The van der Waals surface area contributed by atoms with Gasteiger partial charge in [-0.25, -0.2) is 0 Å². The molecule has 0 aromatic heterocycles. The molecule has 0 aromatic carbocycles. The van der Waals surface area contributed by atoms with E-state index in [4.69, 9.17) is 0 Å². The van der Waals surface area contributed by atoms with Gasteiger partial charge in [0.05, 0.1) is 0 Å². The summed E-state index contributed by atoms with van der Waals surface area (Å²) in [5.74, 6) is -2.53. The van der Waals surface area contributed by atoms with E-state index < -0.39 is 5.89 Å². The van der Waals surface area contributed by atoms with Crippen LogP contribution in [0.25, 0.3) is 0 Å². The van der Waals surface area contributed by atoms with Gasteiger partial charge in [-0.05, 0) is 0 Å². The van der Waals surface area contributed by atoms with Crippen LogP contribution in [0.3, 0.4) is 0 Å². The Kier molecular flexibility index (Phi) is 6.75. The van der Waals surface area contributed by atoms with Crippen LogP contribution in [0.5, 0.6) is 0 Å². The Bertz CT molecular complexity index is 134. The molecule has 0 fully saturated rings. The minimum absolute atomic E-state index is 0.238. The van der Waals surface area contributed by atoms with Crippen molar-refractivity contribution in [2.45, 2.75) is 38.3 Å². The molecular formula is C8H19OPS2. The van der Waals surface area contributed by atoms with E-state index in [1.807, 2.05) is 6.08 Å². The summed E-state index contributed by atoms with van der Waals surface area (Å²) in [4.78, 5) is 9.65. The first-order valence-corrected chi connectivity index (χ1v) is 8.90. The molecule has 0 amide bonds. The summed E-state index contributed by atoms with van der Waals surface area (Å²) >= 11 is 8.33. The molecule has 0 saturated carbocycles. The van der Waals surface area contributed by atoms with Gasteiger partial charge >= 0.3 is 86.2 Å². The normalized spacial score (nSPS) is 15.7. The predicted molar refractivity (Wildman–Crippen MR) is 66.6 cm³/mol. The van der Waals surface area contributed by atoms with E-state index in [0.29, 0.717) is 0 Å². The summed E-state index contributed by atoms with van der Waals surface area (Å²) in [5.41, 5.74) is 0.238. The van der Waals surface area contributed by atoms with Gasteiger partial charge in [0.2, 0.25) is 0 Å². The third-order valence-corrected chi connectivity index (χ3v) is 5.72. The van der Waals surface area contributed by atoms with Gasteiger partial charge in [0.15, 0.2) is 0 Å². The second-order valence-electron chi connectivity index (χ2n) is 3.05. The fraction of sp³-hybridized carbons (Fsp3) is 0.750. The first-order valence-electron chi connectivity index (χ1n) is 4.30. The van der Waals surface area contributed by atoms with Crippen molar-refractivity contribution in [2.24, 2.45) is 0 Å². The van der Waals surface area contributed by atoms with Crippen molar-refractivity contribution in [3.05, 3.63) is 12.7 Å². The van der Waals surface area contributed by atoms with Crippen LogP contribution in [0.4, 0.5) is 0 Å². The Morgan fingerprint density at radius 2 is 2.17 bits per heavy atom. The minimum atomic E-state index is -2.53. The molecule has 1 unspecified atom stereocenters. The molecule has 12 heavy (non-hydrogen) atoms. The third-order valence-electron chi connectivity index (χ3n) is 1.91. The van der Waals surface area contributed by atoms with Gasteiger partial charge in [-0.2, -0.15) is 0 Å². The van der Waals surface area contributed by atoms with E-state index in [1.54, 1.807) is 0 Å². The molecule has 0 aliphatic carbocycles. The van der Waals surface area contributed by atoms with Crippen LogP contribution < -0.4 is 0 Å². The van der Waals surface area contributed by atoms with Crippen LogP contribution in [-0.2, 0) is 0 Å². The Morgan fingerprint density at radius 1 is 1.58 bits per heavy atom. The first kappa shape index (κ1) is 12.8. The van der Waals surface area contributed by atoms with Crippen LogP contribution in [0.1, 0.15) is 32.6 Å². The molecule has 1 N–H and O–H groups in total. The van der Waals surface area contributed by atoms with E-state index >= 15 is 0 Å². The molecule has 74 valence electrons. The van der Waals surface area contributed by atoms with Crippen molar-refractivity contribution in [1.29, 1.82) is 0 Å². The van der Waals surface area contributed by atoms with Gasteiger partial charge in [-0.3, -0.25) is 0 Å². The van der Waals surface area contributed by atoms with Crippen molar-refractivity contribution in [2.75, 3.05) is 0 Å². The fourth-order valence-corrected chi connectivity index (χ4v) is 3.60. The quantitative estimate of drug-likeness (QED) is 0.360. The topological polar surface area (TPSA) is 20.2 Å². The second kappa shape index (κ2) is 6.31. The molecule has 0 aliphatic heterocycles. The average molecular weight is 226 g/mol. The summed E-state index contributed by atoms with van der Waals surface area (Å²) < 4.78 is 0. The maximum atomic E-state index is 9.65. The Morgan fingerprint density at radius 3 is 2.50 bits per heavy atom. The van der Waals surface area contributed by atoms with Crippen LogP contribution in [0, 0.1) is 0 Å². The molecule has 4 heteroatoms. The van der Waals surface area contributed by atoms with E-state index in [9.17, 15) is 4.89 Å². The third kappa shape index (κ3) is 5.47. The first-order chi connectivity index (χ1) is 5.52. The van der Waals surface area contributed by atoms with Gasteiger partial charge in [0, 0.05) is 0 Å². The number of hydrogen-bond donors (Lipinski definition) is 3. The van der Waals surface area contributed by atoms with E-state index in [0.717, 1.165) is 25.7 Å². The summed E-state index contributed by atoms with van der Waals surface area (Å²) in [5, 5.41) is 0. The van der Waals surface area contributed by atoms with Crippen LogP contribution in [0.15, 0.2) is 12.7 Å². The van der Waals surface area contributed by atoms with Crippen molar-refractivity contribution in [3.8, 4) is 0 Å². The molecule has 0 spiro atoms. The van der Waals surface area contributed by atoms with E-state index in [1.165, 1.54) is 0 Å². The fourth-order valence-electron chi connectivity index (χ4n) is 1.12. The van der Waals surface area contributed by atoms with E-state index in [-0.39, 0.29) is 5.66 Å². The van der Waals surface area contributed by atoms with Crippen LogP contribution in [0.2, 0.25) is 0 Å². The summed E-state index contributed by atoms with van der Waals surface area (Å²) in [7, 11) is 0. The molecular weight excluding hydrogens is 207 g/mol. The standard InChI is InChI=1S/C8H19OPS2/c1-3-5-7-8(6-4-2)10(9,11)12/h4,8-12H,2-3,5-7H2,1H3. The summed E-state index contributed by atoms with van der Waals surface area (Å²) in [6, 6.07) is 0. The van der Waals surface area contributed by atoms with Crippen molar-refractivity contribution in [1.82, 2.24) is 0 Å². The average Bonchev–Trinajstić information content (AvgIpc) is 1.95. The molecule has 0 saturated heterocycles. The number of rotatable bonds is 6. The summed E-state index contributed by atoms with van der Waals surface area (Å²) in [6.45, 7) is 5.81.